The molecule has 10 heteroatoms. The number of hydrogen-bond acceptors (Lipinski definition) is 8. The lowest BCUT2D eigenvalue weighted by Gasteiger charge is -2.00. The molecule has 2 aromatic heterocycles. The van der Waals surface area contributed by atoms with Crippen molar-refractivity contribution < 1.29 is 14.7 Å². The molecule has 0 amide bonds. The standard InChI is InChI=1S/C12H7N7O3/c20-8(21)5-22-16-10-7-4-2-1-3-6(7)9-11(10)13-12-14-17-18-19(12)15-9/h1-4H,5H2,(H,20,21)/b16-10+. The molecule has 1 N–H and O–H groups in total. The number of oxime groups is 1. The molecule has 1 aliphatic rings. The second kappa shape index (κ2) is 4.55. The molecule has 0 saturated carbocycles. The minimum Gasteiger partial charge on any atom is -0.479 e. The number of aliphatic carboxylic acids is 1. The number of fused-ring (bicyclic) bond motifs is 4. The summed E-state index contributed by atoms with van der Waals surface area (Å²) in [5, 5.41) is 27.8. The van der Waals surface area contributed by atoms with Crippen molar-refractivity contribution in [3.05, 3.63) is 35.5 Å². The fraction of sp³-hybridized carbons (Fsp3) is 0.0833. The number of nitrogens with zero attached hydrogens (tertiary/aromatic N) is 7. The van der Waals surface area contributed by atoms with Gasteiger partial charge in [0.2, 0.25) is 6.61 Å². The van der Waals surface area contributed by atoms with Crippen molar-refractivity contribution in [2.24, 2.45) is 5.16 Å². The first kappa shape index (κ1) is 12.3. The quantitative estimate of drug-likeness (QED) is 0.512. The predicted octanol–water partition coefficient (Wildman–Crippen LogP) is -0.252. The van der Waals surface area contributed by atoms with Gasteiger partial charge in [0.05, 0.1) is 0 Å². The van der Waals surface area contributed by atoms with Gasteiger partial charge in [-0.25, -0.2) is 9.78 Å². The molecule has 0 spiro atoms. The summed E-state index contributed by atoms with van der Waals surface area (Å²) >= 11 is 0. The van der Waals surface area contributed by atoms with E-state index in [1.54, 1.807) is 0 Å². The van der Waals surface area contributed by atoms with Crippen LogP contribution in [0.5, 0.6) is 0 Å². The van der Waals surface area contributed by atoms with E-state index in [1.807, 2.05) is 24.3 Å². The molecule has 4 rings (SSSR count). The Hall–Kier alpha value is -3.43. The fourth-order valence-corrected chi connectivity index (χ4v) is 2.22. The van der Waals surface area contributed by atoms with Crippen LogP contribution in [0.4, 0.5) is 0 Å². The topological polar surface area (TPSA) is 128 Å². The van der Waals surface area contributed by atoms with Crippen LogP contribution in [0, 0.1) is 0 Å². The molecule has 22 heavy (non-hydrogen) atoms. The number of hydrogen-bond donors (Lipinski definition) is 1. The highest BCUT2D eigenvalue weighted by Crippen LogP contribution is 2.33. The molecule has 0 saturated heterocycles. The Balaban J connectivity index is 1.90. The van der Waals surface area contributed by atoms with Crippen LogP contribution < -0.4 is 0 Å². The molecular weight excluding hydrogens is 290 g/mol. The van der Waals surface area contributed by atoms with Gasteiger partial charge in [0.25, 0.3) is 5.78 Å². The van der Waals surface area contributed by atoms with Crippen LogP contribution in [-0.4, -0.2) is 53.6 Å². The van der Waals surface area contributed by atoms with Crippen LogP contribution in [-0.2, 0) is 9.63 Å². The molecule has 3 aromatic rings. The Labute approximate surface area is 122 Å². The van der Waals surface area contributed by atoms with Crippen molar-refractivity contribution in [2.75, 3.05) is 6.61 Å². The van der Waals surface area contributed by atoms with Crippen molar-refractivity contribution in [2.45, 2.75) is 0 Å². The van der Waals surface area contributed by atoms with Gasteiger partial charge in [0.1, 0.15) is 17.1 Å². The third kappa shape index (κ3) is 1.78. The van der Waals surface area contributed by atoms with Gasteiger partial charge in [-0.1, -0.05) is 39.1 Å². The lowest BCUT2D eigenvalue weighted by atomic mass is 10.1. The molecule has 1 aromatic carbocycles. The summed E-state index contributed by atoms with van der Waals surface area (Å²) in [7, 11) is 0. The number of benzene rings is 1. The van der Waals surface area contributed by atoms with E-state index in [0.717, 1.165) is 11.1 Å². The Bertz CT molecular complexity index is 933. The van der Waals surface area contributed by atoms with Crippen LogP contribution >= 0.6 is 0 Å². The van der Waals surface area contributed by atoms with Gasteiger partial charge in [0, 0.05) is 11.1 Å². The highest BCUT2D eigenvalue weighted by Gasteiger charge is 2.30. The van der Waals surface area contributed by atoms with Crippen molar-refractivity contribution in [1.82, 2.24) is 30.2 Å². The fourth-order valence-electron chi connectivity index (χ4n) is 2.22. The summed E-state index contributed by atoms with van der Waals surface area (Å²) in [5.41, 5.74) is 2.98. The van der Waals surface area contributed by atoms with E-state index in [-0.39, 0.29) is 5.78 Å². The van der Waals surface area contributed by atoms with Crippen LogP contribution in [0.2, 0.25) is 0 Å². The second-order valence-corrected chi connectivity index (χ2v) is 4.43. The van der Waals surface area contributed by atoms with Crippen molar-refractivity contribution in [3.63, 3.8) is 0 Å². The van der Waals surface area contributed by atoms with E-state index in [0.29, 0.717) is 17.1 Å². The number of aromatic nitrogens is 6. The smallest absolute Gasteiger partial charge is 0.344 e. The Morgan fingerprint density at radius 1 is 1.27 bits per heavy atom. The molecule has 0 fully saturated rings. The van der Waals surface area contributed by atoms with Gasteiger partial charge < -0.3 is 9.94 Å². The van der Waals surface area contributed by atoms with Crippen molar-refractivity contribution >= 4 is 17.5 Å². The van der Waals surface area contributed by atoms with E-state index >= 15 is 0 Å². The zero-order valence-corrected chi connectivity index (χ0v) is 10.9. The highest BCUT2D eigenvalue weighted by atomic mass is 16.6. The summed E-state index contributed by atoms with van der Waals surface area (Å²) in [4.78, 5) is 19.7. The van der Waals surface area contributed by atoms with Crippen LogP contribution in [0.3, 0.4) is 0 Å². The molecular formula is C12H7N7O3. The number of carboxylic acid groups (broad SMARTS) is 1. The normalized spacial score (nSPS) is 14.1. The highest BCUT2D eigenvalue weighted by molar-refractivity contribution is 6.22. The Morgan fingerprint density at radius 3 is 2.91 bits per heavy atom. The van der Waals surface area contributed by atoms with Gasteiger partial charge in [-0.2, -0.15) is 0 Å². The lowest BCUT2D eigenvalue weighted by molar-refractivity contribution is -0.142. The molecule has 0 radical (unpaired) electrons. The van der Waals surface area contributed by atoms with Crippen LogP contribution in [0.15, 0.2) is 29.4 Å². The first-order chi connectivity index (χ1) is 10.7. The summed E-state index contributed by atoms with van der Waals surface area (Å²) in [6, 6.07) is 7.38. The monoisotopic (exact) mass is 297 g/mol. The summed E-state index contributed by atoms with van der Waals surface area (Å²) in [6.07, 6.45) is 0. The molecule has 10 nitrogen and oxygen atoms in total. The third-order valence-electron chi connectivity index (χ3n) is 3.07. The van der Waals surface area contributed by atoms with E-state index in [4.69, 9.17) is 9.94 Å². The number of carboxylic acids is 1. The second-order valence-electron chi connectivity index (χ2n) is 4.43. The van der Waals surface area contributed by atoms with E-state index in [2.05, 4.69) is 30.8 Å². The predicted molar refractivity (Wildman–Crippen MR) is 71.0 cm³/mol. The molecule has 108 valence electrons. The van der Waals surface area contributed by atoms with Gasteiger partial charge in [-0.3, -0.25) is 0 Å². The number of carbonyl (C=O) groups is 1. The Kier molecular flexibility index (Phi) is 2.55. The van der Waals surface area contributed by atoms with Crippen LogP contribution in [0.1, 0.15) is 11.3 Å². The first-order valence-electron chi connectivity index (χ1n) is 6.22. The maximum Gasteiger partial charge on any atom is 0.344 e. The van der Waals surface area contributed by atoms with Crippen molar-refractivity contribution in [1.29, 1.82) is 0 Å². The largest absolute Gasteiger partial charge is 0.479 e. The Morgan fingerprint density at radius 2 is 2.09 bits per heavy atom. The molecule has 0 aliphatic heterocycles. The molecule has 0 unspecified atom stereocenters. The zero-order valence-electron chi connectivity index (χ0n) is 10.9. The first-order valence-corrected chi connectivity index (χ1v) is 6.22. The van der Waals surface area contributed by atoms with E-state index < -0.39 is 12.6 Å². The molecule has 1 aliphatic carbocycles. The summed E-state index contributed by atoms with van der Waals surface area (Å²) in [5.74, 6) is -0.892. The maximum atomic E-state index is 10.6. The minimum atomic E-state index is -1.11. The van der Waals surface area contributed by atoms with E-state index in [1.165, 1.54) is 4.63 Å². The SMILES string of the molecule is O=C(O)CO/N=C1\c2ccccc2-c2nn3nnnc3nc21. The molecule has 0 atom stereocenters. The summed E-state index contributed by atoms with van der Waals surface area (Å²) < 4.78 is 1.22. The van der Waals surface area contributed by atoms with Crippen molar-refractivity contribution in [3.8, 4) is 11.3 Å². The third-order valence-corrected chi connectivity index (χ3v) is 3.07. The lowest BCUT2D eigenvalue weighted by Crippen LogP contribution is -2.09. The zero-order chi connectivity index (χ0) is 15.1. The average Bonchev–Trinajstić information content (AvgIpc) is 3.08. The number of rotatable bonds is 3. The summed E-state index contributed by atoms with van der Waals surface area (Å²) in [6.45, 7) is -0.539. The molecule has 0 bridgehead atoms. The van der Waals surface area contributed by atoms with E-state index in [9.17, 15) is 4.79 Å². The van der Waals surface area contributed by atoms with Crippen LogP contribution in [0.25, 0.3) is 17.0 Å². The average molecular weight is 297 g/mol. The minimum absolute atomic E-state index is 0.220. The molecule has 2 heterocycles. The number of tetrazole rings is 1. The van der Waals surface area contributed by atoms with Gasteiger partial charge in [-0.15, -0.1) is 5.10 Å². The van der Waals surface area contributed by atoms with Gasteiger partial charge in [-0.05, 0) is 10.4 Å². The van der Waals surface area contributed by atoms with Gasteiger partial charge in [0.15, 0.2) is 0 Å². The van der Waals surface area contributed by atoms with Gasteiger partial charge >= 0.3 is 5.97 Å². The maximum absolute atomic E-state index is 10.6.